The molecule has 1 N–H and O–H groups in total. The zero-order valence-corrected chi connectivity index (χ0v) is 10.8. The van der Waals surface area contributed by atoms with Crippen LogP contribution >= 0.6 is 0 Å². The molecule has 2 atom stereocenters. The van der Waals surface area contributed by atoms with Crippen molar-refractivity contribution in [1.29, 1.82) is 0 Å². The molecule has 4 nitrogen and oxygen atoms in total. The molecule has 0 saturated carbocycles. The van der Waals surface area contributed by atoms with Crippen molar-refractivity contribution in [2.24, 2.45) is 0 Å². The smallest absolute Gasteiger partial charge is 0.410 e. The summed E-state index contributed by atoms with van der Waals surface area (Å²) in [5, 5.41) is 8.78. The minimum Gasteiger partial charge on any atom is -0.444 e. The molecule has 1 amide bonds. The first-order valence-corrected chi connectivity index (χ1v) is 6.08. The van der Waals surface area contributed by atoms with Gasteiger partial charge in [0, 0.05) is 19.1 Å². The Morgan fingerprint density at radius 3 is 2.71 bits per heavy atom. The predicted molar refractivity (Wildman–Crippen MR) is 62.6 cm³/mol. The summed E-state index contributed by atoms with van der Waals surface area (Å²) in [5.41, 5.74) is -0.562. The van der Waals surface area contributed by atoms with Crippen molar-refractivity contribution in [3.8, 4) is 0 Å². The Labute approximate surface area is 102 Å². The van der Waals surface area contributed by atoms with E-state index in [9.17, 15) is 9.18 Å². The van der Waals surface area contributed by atoms with Crippen LogP contribution in [0.2, 0.25) is 0 Å². The molecule has 17 heavy (non-hydrogen) atoms. The van der Waals surface area contributed by atoms with Gasteiger partial charge in [0.25, 0.3) is 0 Å². The minimum absolute atomic E-state index is 0.0651. The zero-order chi connectivity index (χ0) is 13.1. The molecule has 5 heteroatoms. The van der Waals surface area contributed by atoms with Crippen LogP contribution in [0.15, 0.2) is 0 Å². The maximum absolute atomic E-state index is 13.3. The van der Waals surface area contributed by atoms with Gasteiger partial charge in [-0.05, 0) is 33.6 Å². The monoisotopic (exact) mass is 247 g/mol. The lowest BCUT2D eigenvalue weighted by atomic mass is 10.1. The fourth-order valence-corrected chi connectivity index (χ4v) is 2.00. The number of nitrogens with zero attached hydrogens (tertiary/aromatic N) is 1. The van der Waals surface area contributed by atoms with Gasteiger partial charge < -0.3 is 14.7 Å². The Morgan fingerprint density at radius 1 is 1.53 bits per heavy atom. The van der Waals surface area contributed by atoms with Gasteiger partial charge in [0.15, 0.2) is 0 Å². The number of carbonyl (C=O) groups excluding carboxylic acids is 1. The minimum atomic E-state index is -0.980. The lowest BCUT2D eigenvalue weighted by molar-refractivity contribution is 0.0208. The van der Waals surface area contributed by atoms with Crippen LogP contribution < -0.4 is 0 Å². The van der Waals surface area contributed by atoms with Crippen molar-refractivity contribution in [2.75, 3.05) is 13.2 Å². The molecule has 0 aromatic rings. The third-order valence-corrected chi connectivity index (χ3v) is 2.69. The van der Waals surface area contributed by atoms with Crippen LogP contribution in [-0.4, -0.2) is 47.1 Å². The molecule has 100 valence electrons. The van der Waals surface area contributed by atoms with E-state index < -0.39 is 17.9 Å². The van der Waals surface area contributed by atoms with E-state index in [-0.39, 0.29) is 19.2 Å². The molecule has 1 aliphatic heterocycles. The van der Waals surface area contributed by atoms with Crippen molar-refractivity contribution in [2.45, 2.75) is 57.8 Å². The second-order valence-corrected chi connectivity index (χ2v) is 5.49. The standard InChI is InChI=1S/C12H22FNO3/c1-12(2,3)17-11(16)14-8-9(13)7-10(14)5-4-6-15/h9-10,15H,4-8H2,1-3H3. The van der Waals surface area contributed by atoms with Crippen LogP contribution in [-0.2, 0) is 4.74 Å². The average molecular weight is 247 g/mol. The Kier molecular flexibility index (Phi) is 4.74. The Morgan fingerprint density at radius 2 is 2.18 bits per heavy atom. The number of hydrogen-bond donors (Lipinski definition) is 1. The number of alkyl halides is 1. The quantitative estimate of drug-likeness (QED) is 0.831. The molecule has 0 aliphatic carbocycles. The Hall–Kier alpha value is -0.840. The van der Waals surface area contributed by atoms with E-state index in [1.54, 1.807) is 20.8 Å². The molecule has 1 rings (SSSR count). The molecular formula is C12H22FNO3. The highest BCUT2D eigenvalue weighted by molar-refractivity contribution is 5.69. The summed E-state index contributed by atoms with van der Waals surface area (Å²) in [6, 6.07) is -0.146. The molecule has 2 unspecified atom stereocenters. The summed E-state index contributed by atoms with van der Waals surface area (Å²) in [5.74, 6) is 0. The highest BCUT2D eigenvalue weighted by Gasteiger charge is 2.37. The SMILES string of the molecule is CC(C)(C)OC(=O)N1CC(F)CC1CCCO. The number of amides is 1. The second kappa shape index (κ2) is 5.67. The maximum atomic E-state index is 13.3. The van der Waals surface area contributed by atoms with E-state index >= 15 is 0 Å². The van der Waals surface area contributed by atoms with Gasteiger partial charge in [-0.3, -0.25) is 0 Å². The van der Waals surface area contributed by atoms with E-state index in [1.165, 1.54) is 4.90 Å². The van der Waals surface area contributed by atoms with Gasteiger partial charge in [-0.15, -0.1) is 0 Å². The highest BCUT2D eigenvalue weighted by Crippen LogP contribution is 2.25. The molecule has 0 radical (unpaired) electrons. The van der Waals surface area contributed by atoms with Gasteiger partial charge in [0.05, 0.1) is 6.54 Å². The van der Waals surface area contributed by atoms with Crippen molar-refractivity contribution in [3.63, 3.8) is 0 Å². The maximum Gasteiger partial charge on any atom is 0.410 e. The van der Waals surface area contributed by atoms with E-state index in [1.807, 2.05) is 0 Å². The molecular weight excluding hydrogens is 225 g/mol. The van der Waals surface area contributed by atoms with E-state index in [0.717, 1.165) is 0 Å². The van der Waals surface area contributed by atoms with E-state index in [2.05, 4.69) is 0 Å². The number of aliphatic hydroxyl groups excluding tert-OH is 1. The normalized spacial score (nSPS) is 25.1. The molecule has 0 spiro atoms. The molecule has 1 saturated heterocycles. The Balaban J connectivity index is 2.57. The highest BCUT2D eigenvalue weighted by atomic mass is 19.1. The first-order chi connectivity index (χ1) is 7.83. The van der Waals surface area contributed by atoms with Gasteiger partial charge in [-0.25, -0.2) is 9.18 Å². The van der Waals surface area contributed by atoms with Crippen molar-refractivity contribution >= 4 is 6.09 Å². The van der Waals surface area contributed by atoms with Crippen LogP contribution in [0.1, 0.15) is 40.0 Å². The first-order valence-electron chi connectivity index (χ1n) is 6.08. The summed E-state index contributed by atoms with van der Waals surface area (Å²) >= 11 is 0. The van der Waals surface area contributed by atoms with E-state index in [0.29, 0.717) is 19.3 Å². The van der Waals surface area contributed by atoms with Gasteiger partial charge in [-0.2, -0.15) is 0 Å². The molecule has 0 bridgehead atoms. The lowest BCUT2D eigenvalue weighted by Gasteiger charge is -2.28. The average Bonchev–Trinajstić information content (AvgIpc) is 2.54. The van der Waals surface area contributed by atoms with Crippen LogP contribution in [0.5, 0.6) is 0 Å². The fourth-order valence-electron chi connectivity index (χ4n) is 2.00. The number of hydrogen-bond acceptors (Lipinski definition) is 3. The molecule has 0 aromatic carbocycles. The van der Waals surface area contributed by atoms with Gasteiger partial charge in [0.1, 0.15) is 11.8 Å². The van der Waals surface area contributed by atoms with Crippen molar-refractivity contribution in [3.05, 3.63) is 0 Å². The fraction of sp³-hybridized carbons (Fsp3) is 0.917. The van der Waals surface area contributed by atoms with Gasteiger partial charge in [-0.1, -0.05) is 0 Å². The zero-order valence-electron chi connectivity index (χ0n) is 10.8. The van der Waals surface area contributed by atoms with Gasteiger partial charge in [0.2, 0.25) is 0 Å². The van der Waals surface area contributed by atoms with Crippen LogP contribution in [0.25, 0.3) is 0 Å². The molecule has 1 fully saturated rings. The number of likely N-dealkylation sites (tertiary alicyclic amines) is 1. The van der Waals surface area contributed by atoms with E-state index in [4.69, 9.17) is 9.84 Å². The van der Waals surface area contributed by atoms with Crippen LogP contribution in [0, 0.1) is 0 Å². The van der Waals surface area contributed by atoms with Crippen molar-refractivity contribution < 1.29 is 19.0 Å². The summed E-state index contributed by atoms with van der Waals surface area (Å²) < 4.78 is 18.6. The number of rotatable bonds is 3. The van der Waals surface area contributed by atoms with Crippen molar-refractivity contribution in [1.82, 2.24) is 4.90 Å². The third kappa shape index (κ3) is 4.50. The van der Waals surface area contributed by atoms with Crippen LogP contribution in [0.3, 0.4) is 0 Å². The number of ether oxygens (including phenoxy) is 1. The number of aliphatic hydroxyl groups is 1. The molecule has 1 aliphatic rings. The predicted octanol–water partition coefficient (Wildman–Crippen LogP) is 2.11. The lowest BCUT2D eigenvalue weighted by Crippen LogP contribution is -2.40. The number of carbonyl (C=O) groups is 1. The largest absolute Gasteiger partial charge is 0.444 e. The second-order valence-electron chi connectivity index (χ2n) is 5.49. The summed E-state index contributed by atoms with van der Waals surface area (Å²) in [6.07, 6.45) is 0.110. The first kappa shape index (κ1) is 14.2. The Bertz CT molecular complexity index is 265. The summed E-state index contributed by atoms with van der Waals surface area (Å²) in [6.45, 7) is 5.53. The third-order valence-electron chi connectivity index (χ3n) is 2.69. The topological polar surface area (TPSA) is 49.8 Å². The number of halogens is 1. The van der Waals surface area contributed by atoms with Gasteiger partial charge >= 0.3 is 6.09 Å². The molecule has 1 heterocycles. The summed E-state index contributed by atoms with van der Waals surface area (Å²) in [7, 11) is 0. The van der Waals surface area contributed by atoms with Crippen LogP contribution in [0.4, 0.5) is 9.18 Å². The summed E-state index contributed by atoms with van der Waals surface area (Å²) in [4.78, 5) is 13.3. The molecule has 0 aromatic heterocycles.